The molecule has 0 bridgehead atoms. The average molecular weight is 295 g/mol. The zero-order valence-corrected chi connectivity index (χ0v) is 13.7. The molecule has 0 spiro atoms. The number of hydrogen-bond acceptors (Lipinski definition) is 4. The zero-order valence-electron chi connectivity index (χ0n) is 13.7. The minimum Gasteiger partial charge on any atom is -0.492 e. The highest BCUT2D eigenvalue weighted by molar-refractivity contribution is 5.26. The lowest BCUT2D eigenvalue weighted by Crippen LogP contribution is -2.34. The molecule has 0 saturated carbocycles. The van der Waals surface area contributed by atoms with Crippen LogP contribution in [0.4, 0.5) is 0 Å². The molecule has 1 atom stereocenters. The molecule has 1 aromatic rings. The van der Waals surface area contributed by atoms with Gasteiger partial charge in [0.1, 0.15) is 12.4 Å². The molecular formula is C17H29NO3. The second-order valence-corrected chi connectivity index (χ2v) is 5.11. The highest BCUT2D eigenvalue weighted by Gasteiger charge is 2.09. The van der Waals surface area contributed by atoms with Crippen LogP contribution in [0.25, 0.3) is 0 Å². The summed E-state index contributed by atoms with van der Waals surface area (Å²) in [6.07, 6.45) is 0.731. The van der Waals surface area contributed by atoms with Gasteiger partial charge in [0.2, 0.25) is 0 Å². The Morgan fingerprint density at radius 1 is 1.05 bits per heavy atom. The fourth-order valence-electron chi connectivity index (χ4n) is 1.95. The molecule has 0 aliphatic rings. The molecule has 1 aromatic carbocycles. The number of aryl methyl sites for hydroxylation is 1. The second kappa shape index (κ2) is 10.6. The Kier molecular flexibility index (Phi) is 9.06. The summed E-state index contributed by atoms with van der Waals surface area (Å²) in [6.45, 7) is 11.0. The molecule has 0 heterocycles. The van der Waals surface area contributed by atoms with Crippen LogP contribution in [0.3, 0.4) is 0 Å². The molecule has 4 nitrogen and oxygen atoms in total. The normalized spacial score (nSPS) is 12.6. The Morgan fingerprint density at radius 2 is 1.67 bits per heavy atom. The molecule has 0 saturated heterocycles. The van der Waals surface area contributed by atoms with Crippen LogP contribution >= 0.6 is 0 Å². The zero-order chi connectivity index (χ0) is 15.5. The highest BCUT2D eigenvalue weighted by Crippen LogP contribution is 2.11. The first kappa shape index (κ1) is 18.0. The predicted octanol–water partition coefficient (Wildman–Crippen LogP) is 3.14. The van der Waals surface area contributed by atoms with E-state index in [9.17, 15) is 0 Å². The van der Waals surface area contributed by atoms with Gasteiger partial charge in [-0.05, 0) is 39.8 Å². The summed E-state index contributed by atoms with van der Waals surface area (Å²) < 4.78 is 16.8. The van der Waals surface area contributed by atoms with Crippen LogP contribution in [0.5, 0.6) is 5.75 Å². The van der Waals surface area contributed by atoms with Crippen molar-refractivity contribution in [3.8, 4) is 5.75 Å². The quantitative estimate of drug-likeness (QED) is 0.637. The molecular weight excluding hydrogens is 266 g/mol. The number of ether oxygens (including phenoxy) is 3. The largest absolute Gasteiger partial charge is 0.492 e. The fraction of sp³-hybridized carbons (Fsp3) is 0.647. The lowest BCUT2D eigenvalue weighted by Gasteiger charge is -2.19. The number of benzene rings is 1. The maximum absolute atomic E-state index is 5.75. The van der Waals surface area contributed by atoms with Gasteiger partial charge in [0.05, 0.1) is 0 Å². The van der Waals surface area contributed by atoms with E-state index < -0.39 is 0 Å². The van der Waals surface area contributed by atoms with E-state index >= 15 is 0 Å². The topological polar surface area (TPSA) is 39.7 Å². The molecule has 1 N–H and O–H groups in total. The first-order valence-electron chi connectivity index (χ1n) is 7.81. The Bertz CT molecular complexity index is 361. The molecule has 120 valence electrons. The Morgan fingerprint density at radius 3 is 2.24 bits per heavy atom. The van der Waals surface area contributed by atoms with E-state index in [2.05, 4.69) is 31.3 Å². The van der Waals surface area contributed by atoms with Gasteiger partial charge in [-0.25, -0.2) is 0 Å². The number of nitrogens with one attached hydrogen (secondary N) is 1. The van der Waals surface area contributed by atoms with Crippen molar-refractivity contribution < 1.29 is 14.2 Å². The number of rotatable bonds is 11. The molecule has 0 aromatic heterocycles. The van der Waals surface area contributed by atoms with E-state index in [1.807, 2.05) is 26.0 Å². The maximum Gasteiger partial charge on any atom is 0.158 e. The van der Waals surface area contributed by atoms with Crippen LogP contribution in [0.2, 0.25) is 0 Å². The summed E-state index contributed by atoms with van der Waals surface area (Å²) in [6, 6.07) is 8.41. The van der Waals surface area contributed by atoms with E-state index in [0.717, 1.165) is 18.7 Å². The van der Waals surface area contributed by atoms with Crippen molar-refractivity contribution in [1.29, 1.82) is 0 Å². The SMILES string of the molecule is CCOC(CCNC(C)COc1ccc(C)cc1)OCC. The summed E-state index contributed by atoms with van der Waals surface area (Å²) in [5, 5.41) is 3.43. The Labute approximate surface area is 128 Å². The van der Waals surface area contributed by atoms with Gasteiger partial charge in [-0.15, -0.1) is 0 Å². The summed E-state index contributed by atoms with van der Waals surface area (Å²) >= 11 is 0. The number of hydrogen-bond donors (Lipinski definition) is 1. The lowest BCUT2D eigenvalue weighted by molar-refractivity contribution is -0.138. The lowest BCUT2D eigenvalue weighted by atomic mass is 10.2. The Hall–Kier alpha value is -1.10. The molecule has 0 aliphatic carbocycles. The van der Waals surface area contributed by atoms with Crippen LogP contribution in [0.15, 0.2) is 24.3 Å². The molecule has 1 unspecified atom stereocenters. The van der Waals surface area contributed by atoms with Crippen molar-refractivity contribution in [2.45, 2.75) is 46.4 Å². The standard InChI is InChI=1S/C17H29NO3/c1-5-19-17(20-6-2)11-12-18-15(4)13-21-16-9-7-14(3)8-10-16/h7-10,15,17-18H,5-6,11-13H2,1-4H3. The van der Waals surface area contributed by atoms with Gasteiger partial charge in [-0.2, -0.15) is 0 Å². The van der Waals surface area contributed by atoms with Crippen LogP contribution in [0.1, 0.15) is 32.8 Å². The van der Waals surface area contributed by atoms with E-state index in [0.29, 0.717) is 19.8 Å². The molecule has 0 aliphatic heterocycles. The fourth-order valence-corrected chi connectivity index (χ4v) is 1.95. The van der Waals surface area contributed by atoms with Crippen LogP contribution < -0.4 is 10.1 Å². The summed E-state index contributed by atoms with van der Waals surface area (Å²) in [7, 11) is 0. The highest BCUT2D eigenvalue weighted by atomic mass is 16.7. The van der Waals surface area contributed by atoms with Crippen LogP contribution in [-0.4, -0.2) is 38.7 Å². The van der Waals surface area contributed by atoms with E-state index in [1.54, 1.807) is 0 Å². The van der Waals surface area contributed by atoms with Crippen molar-refractivity contribution >= 4 is 0 Å². The molecule has 4 heteroatoms. The third-order valence-electron chi connectivity index (χ3n) is 3.10. The van der Waals surface area contributed by atoms with E-state index in [4.69, 9.17) is 14.2 Å². The Balaban J connectivity index is 2.18. The minimum absolute atomic E-state index is 0.113. The van der Waals surface area contributed by atoms with Crippen molar-refractivity contribution in [2.24, 2.45) is 0 Å². The van der Waals surface area contributed by atoms with Gasteiger partial charge < -0.3 is 19.5 Å². The van der Waals surface area contributed by atoms with Gasteiger partial charge in [0, 0.05) is 32.2 Å². The van der Waals surface area contributed by atoms with Crippen molar-refractivity contribution in [3.63, 3.8) is 0 Å². The smallest absolute Gasteiger partial charge is 0.158 e. The summed E-state index contributed by atoms with van der Waals surface area (Å²) in [5.41, 5.74) is 1.24. The second-order valence-electron chi connectivity index (χ2n) is 5.11. The molecule has 0 radical (unpaired) electrons. The maximum atomic E-state index is 5.75. The van der Waals surface area contributed by atoms with E-state index in [-0.39, 0.29) is 12.3 Å². The monoisotopic (exact) mass is 295 g/mol. The molecule has 0 fully saturated rings. The van der Waals surface area contributed by atoms with Crippen molar-refractivity contribution in [3.05, 3.63) is 29.8 Å². The molecule has 21 heavy (non-hydrogen) atoms. The molecule has 1 rings (SSSR count). The first-order valence-corrected chi connectivity index (χ1v) is 7.81. The average Bonchev–Trinajstić information content (AvgIpc) is 2.47. The first-order chi connectivity index (χ1) is 10.2. The third kappa shape index (κ3) is 8.05. The van der Waals surface area contributed by atoms with E-state index in [1.165, 1.54) is 5.56 Å². The van der Waals surface area contributed by atoms with Gasteiger partial charge >= 0.3 is 0 Å². The summed E-state index contributed by atoms with van der Waals surface area (Å²) in [5.74, 6) is 0.913. The van der Waals surface area contributed by atoms with Crippen LogP contribution in [0, 0.1) is 6.92 Å². The van der Waals surface area contributed by atoms with Gasteiger partial charge in [0.15, 0.2) is 6.29 Å². The van der Waals surface area contributed by atoms with Crippen molar-refractivity contribution in [2.75, 3.05) is 26.4 Å². The van der Waals surface area contributed by atoms with Crippen molar-refractivity contribution in [1.82, 2.24) is 5.32 Å². The van der Waals surface area contributed by atoms with Gasteiger partial charge in [0.25, 0.3) is 0 Å². The predicted molar refractivity (Wildman–Crippen MR) is 85.8 cm³/mol. The van der Waals surface area contributed by atoms with Gasteiger partial charge in [-0.3, -0.25) is 0 Å². The van der Waals surface area contributed by atoms with Gasteiger partial charge in [-0.1, -0.05) is 17.7 Å². The third-order valence-corrected chi connectivity index (χ3v) is 3.10. The minimum atomic E-state index is -0.113. The summed E-state index contributed by atoms with van der Waals surface area (Å²) in [4.78, 5) is 0. The molecule has 0 amide bonds. The van der Waals surface area contributed by atoms with Crippen LogP contribution in [-0.2, 0) is 9.47 Å².